The predicted octanol–water partition coefficient (Wildman–Crippen LogP) is 1.05. The maximum atomic E-state index is 11.5. The van der Waals surface area contributed by atoms with E-state index in [1.807, 2.05) is 0 Å². The summed E-state index contributed by atoms with van der Waals surface area (Å²) < 4.78 is 24.6. The van der Waals surface area contributed by atoms with Crippen LogP contribution in [0.4, 0.5) is 0 Å². The maximum absolute atomic E-state index is 11.5. The highest BCUT2D eigenvalue weighted by Gasteiger charge is 2.25. The third kappa shape index (κ3) is 4.56. The minimum atomic E-state index is -2.99. The molecule has 17 heavy (non-hydrogen) atoms. The molecule has 2 rings (SSSR count). The summed E-state index contributed by atoms with van der Waals surface area (Å²) in [6, 6.07) is 0. The van der Waals surface area contributed by atoms with Crippen LogP contribution in [-0.4, -0.2) is 45.2 Å². The van der Waals surface area contributed by atoms with Gasteiger partial charge in [0.25, 0.3) is 0 Å². The van der Waals surface area contributed by atoms with E-state index < -0.39 is 10.0 Å². The van der Waals surface area contributed by atoms with Crippen molar-refractivity contribution in [1.82, 2.24) is 9.62 Å². The molecule has 2 aliphatic rings. The van der Waals surface area contributed by atoms with Gasteiger partial charge in [0.05, 0.1) is 6.26 Å². The van der Waals surface area contributed by atoms with Crippen molar-refractivity contribution in [2.24, 2.45) is 11.8 Å². The maximum Gasteiger partial charge on any atom is 0.211 e. The second-order valence-electron chi connectivity index (χ2n) is 5.57. The lowest BCUT2D eigenvalue weighted by Crippen LogP contribution is -2.42. The summed E-state index contributed by atoms with van der Waals surface area (Å²) in [7, 11) is -2.99. The second-order valence-corrected chi connectivity index (χ2v) is 7.55. The van der Waals surface area contributed by atoms with Gasteiger partial charge in [0.1, 0.15) is 0 Å². The molecule has 1 atom stereocenters. The van der Waals surface area contributed by atoms with Crippen LogP contribution in [0.2, 0.25) is 0 Å². The van der Waals surface area contributed by atoms with Crippen LogP contribution < -0.4 is 5.32 Å². The van der Waals surface area contributed by atoms with Crippen molar-refractivity contribution >= 4 is 10.0 Å². The van der Waals surface area contributed by atoms with Crippen LogP contribution in [0, 0.1) is 11.8 Å². The lowest BCUT2D eigenvalue weighted by atomic mass is 10.00. The molecular weight excluding hydrogens is 236 g/mol. The number of hydrogen-bond donors (Lipinski definition) is 1. The molecule has 4 nitrogen and oxygen atoms in total. The van der Waals surface area contributed by atoms with Gasteiger partial charge in [-0.05, 0) is 44.2 Å². The van der Waals surface area contributed by atoms with E-state index >= 15 is 0 Å². The van der Waals surface area contributed by atoms with E-state index in [1.54, 1.807) is 4.31 Å². The molecule has 1 saturated heterocycles. The van der Waals surface area contributed by atoms with Gasteiger partial charge in [-0.3, -0.25) is 0 Å². The highest BCUT2D eigenvalue weighted by molar-refractivity contribution is 7.88. The van der Waals surface area contributed by atoms with Crippen molar-refractivity contribution in [3.63, 3.8) is 0 Å². The van der Waals surface area contributed by atoms with E-state index in [2.05, 4.69) is 5.32 Å². The van der Waals surface area contributed by atoms with Crippen LogP contribution in [0.5, 0.6) is 0 Å². The van der Waals surface area contributed by atoms with Gasteiger partial charge in [0.15, 0.2) is 0 Å². The summed E-state index contributed by atoms with van der Waals surface area (Å²) in [6.45, 7) is 3.48. The minimum Gasteiger partial charge on any atom is -0.316 e. The number of nitrogens with one attached hydrogen (secondary N) is 1. The Kier molecular flexibility index (Phi) is 4.44. The van der Waals surface area contributed by atoms with Gasteiger partial charge in [0.2, 0.25) is 10.0 Å². The normalized spacial score (nSPS) is 27.2. The monoisotopic (exact) mass is 260 g/mol. The Balaban J connectivity index is 1.65. The van der Waals surface area contributed by atoms with Gasteiger partial charge in [-0.1, -0.05) is 12.8 Å². The van der Waals surface area contributed by atoms with Crippen molar-refractivity contribution in [3.05, 3.63) is 0 Å². The van der Waals surface area contributed by atoms with Crippen LogP contribution in [-0.2, 0) is 10.0 Å². The first-order valence-corrected chi connectivity index (χ1v) is 8.56. The number of nitrogens with zero attached hydrogens (tertiary/aromatic N) is 1. The molecule has 0 radical (unpaired) electrons. The molecule has 5 heteroatoms. The van der Waals surface area contributed by atoms with Crippen LogP contribution in [0.1, 0.15) is 32.1 Å². The fraction of sp³-hybridized carbons (Fsp3) is 1.00. The summed E-state index contributed by atoms with van der Waals surface area (Å²) in [6.07, 6.45) is 7.59. The Morgan fingerprint density at radius 2 is 2.00 bits per heavy atom. The largest absolute Gasteiger partial charge is 0.316 e. The molecule has 2 fully saturated rings. The third-order valence-corrected chi connectivity index (χ3v) is 5.08. The molecule has 0 bridgehead atoms. The van der Waals surface area contributed by atoms with Gasteiger partial charge < -0.3 is 5.32 Å². The van der Waals surface area contributed by atoms with E-state index in [0.717, 1.165) is 31.8 Å². The molecule has 1 aliphatic carbocycles. The Bertz CT molecular complexity index is 338. The van der Waals surface area contributed by atoms with Gasteiger partial charge in [0, 0.05) is 13.1 Å². The highest BCUT2D eigenvalue weighted by atomic mass is 32.2. The van der Waals surface area contributed by atoms with Gasteiger partial charge in [-0.2, -0.15) is 0 Å². The molecule has 100 valence electrons. The highest BCUT2D eigenvalue weighted by Crippen LogP contribution is 2.31. The SMILES string of the molecule is CS(=O)(=O)N1CCCC(CNCCC2CC2)C1. The van der Waals surface area contributed by atoms with Crippen molar-refractivity contribution in [1.29, 1.82) is 0 Å². The average molecular weight is 260 g/mol. The van der Waals surface area contributed by atoms with Crippen molar-refractivity contribution in [3.8, 4) is 0 Å². The number of piperidine rings is 1. The molecule has 1 aliphatic heterocycles. The molecule has 0 aromatic heterocycles. The second kappa shape index (κ2) is 5.67. The minimum absolute atomic E-state index is 0.498. The first-order chi connectivity index (χ1) is 8.05. The number of sulfonamides is 1. The molecule has 0 spiro atoms. The first-order valence-electron chi connectivity index (χ1n) is 6.71. The lowest BCUT2D eigenvalue weighted by molar-refractivity contribution is 0.261. The topological polar surface area (TPSA) is 49.4 Å². The molecule has 1 heterocycles. The average Bonchev–Trinajstić information content (AvgIpc) is 3.08. The van der Waals surface area contributed by atoms with Crippen LogP contribution in [0.3, 0.4) is 0 Å². The van der Waals surface area contributed by atoms with Crippen LogP contribution in [0.15, 0.2) is 0 Å². The zero-order valence-corrected chi connectivity index (χ0v) is 11.5. The summed E-state index contributed by atoms with van der Waals surface area (Å²) in [5, 5.41) is 3.48. The van der Waals surface area contributed by atoms with Crippen LogP contribution >= 0.6 is 0 Å². The summed E-state index contributed by atoms with van der Waals surface area (Å²) >= 11 is 0. The van der Waals surface area contributed by atoms with Crippen molar-refractivity contribution < 1.29 is 8.42 Å². The van der Waals surface area contributed by atoms with Gasteiger partial charge >= 0.3 is 0 Å². The molecular formula is C12H24N2O2S. The summed E-state index contributed by atoms with van der Waals surface area (Å²) in [4.78, 5) is 0. The van der Waals surface area contributed by atoms with Crippen molar-refractivity contribution in [2.75, 3.05) is 32.4 Å². The van der Waals surface area contributed by atoms with E-state index in [4.69, 9.17) is 0 Å². The quantitative estimate of drug-likeness (QED) is 0.726. The number of rotatable bonds is 6. The van der Waals surface area contributed by atoms with E-state index in [0.29, 0.717) is 19.0 Å². The number of hydrogen-bond acceptors (Lipinski definition) is 3. The predicted molar refractivity (Wildman–Crippen MR) is 69.4 cm³/mol. The fourth-order valence-corrected chi connectivity index (χ4v) is 3.46. The summed E-state index contributed by atoms with van der Waals surface area (Å²) in [5.41, 5.74) is 0. The van der Waals surface area contributed by atoms with E-state index in [9.17, 15) is 8.42 Å². The zero-order valence-electron chi connectivity index (χ0n) is 10.7. The Hall–Kier alpha value is -0.130. The van der Waals surface area contributed by atoms with Gasteiger partial charge in [-0.25, -0.2) is 12.7 Å². The molecule has 1 N–H and O–H groups in total. The molecule has 0 aromatic carbocycles. The molecule has 0 amide bonds. The first kappa shape index (κ1) is 13.3. The Morgan fingerprint density at radius 3 is 2.65 bits per heavy atom. The van der Waals surface area contributed by atoms with Crippen molar-refractivity contribution in [2.45, 2.75) is 32.1 Å². The lowest BCUT2D eigenvalue weighted by Gasteiger charge is -2.31. The zero-order chi connectivity index (χ0) is 12.3. The molecule has 1 unspecified atom stereocenters. The summed E-state index contributed by atoms with van der Waals surface area (Å²) in [5.74, 6) is 1.47. The standard InChI is InChI=1S/C12H24N2O2S/c1-17(15,16)14-8-2-3-12(10-14)9-13-7-6-11-4-5-11/h11-13H,2-10H2,1H3. The molecule has 0 aromatic rings. The van der Waals surface area contributed by atoms with Crippen LogP contribution in [0.25, 0.3) is 0 Å². The van der Waals surface area contributed by atoms with E-state index in [-0.39, 0.29) is 0 Å². The molecule has 1 saturated carbocycles. The van der Waals surface area contributed by atoms with Gasteiger partial charge in [-0.15, -0.1) is 0 Å². The smallest absolute Gasteiger partial charge is 0.211 e. The Morgan fingerprint density at radius 1 is 1.24 bits per heavy atom. The fourth-order valence-electron chi connectivity index (χ4n) is 2.51. The van der Waals surface area contributed by atoms with E-state index in [1.165, 1.54) is 25.5 Å². The third-order valence-electron chi connectivity index (χ3n) is 3.81. The Labute approximate surface area is 105 Å².